The van der Waals surface area contributed by atoms with E-state index in [2.05, 4.69) is 26.6 Å². The highest BCUT2D eigenvalue weighted by Crippen LogP contribution is 2.24. The molecule has 0 aliphatic rings. The Morgan fingerprint density at radius 3 is 2.88 bits per heavy atom. The van der Waals surface area contributed by atoms with Crippen LogP contribution in [0.4, 0.5) is 5.13 Å². The van der Waals surface area contributed by atoms with E-state index in [9.17, 15) is 0 Å². The van der Waals surface area contributed by atoms with Gasteiger partial charge in [-0.25, -0.2) is 9.97 Å². The quantitative estimate of drug-likeness (QED) is 0.905. The lowest BCUT2D eigenvalue weighted by Crippen LogP contribution is -2.06. The van der Waals surface area contributed by atoms with Gasteiger partial charge in [0, 0.05) is 30.2 Å². The average molecular weight is 270 g/mol. The summed E-state index contributed by atoms with van der Waals surface area (Å²) in [6.07, 6.45) is 1.73. The highest BCUT2D eigenvalue weighted by Gasteiger charge is 2.14. The third-order valence-electron chi connectivity index (χ3n) is 2.32. The molecule has 7 heteroatoms. The van der Waals surface area contributed by atoms with Crippen LogP contribution in [-0.4, -0.2) is 21.5 Å². The first kappa shape index (κ1) is 12.4. The minimum atomic E-state index is -0.0723. The molecule has 2 aromatic rings. The molecular formula is C10H14N4OS2. The van der Waals surface area contributed by atoms with E-state index in [1.54, 1.807) is 24.6 Å². The number of aromatic nitrogens is 3. The Kier molecular flexibility index (Phi) is 4.03. The van der Waals surface area contributed by atoms with Gasteiger partial charge in [-0.15, -0.1) is 11.3 Å². The van der Waals surface area contributed by atoms with Crippen LogP contribution in [0.1, 0.15) is 36.8 Å². The van der Waals surface area contributed by atoms with Gasteiger partial charge in [0.2, 0.25) is 5.13 Å². The summed E-state index contributed by atoms with van der Waals surface area (Å²) in [6.45, 7) is 3.98. The monoisotopic (exact) mass is 270 g/mol. The minimum Gasteiger partial charge on any atom is -0.374 e. The summed E-state index contributed by atoms with van der Waals surface area (Å²) >= 11 is 2.97. The molecule has 1 N–H and O–H groups in total. The van der Waals surface area contributed by atoms with Gasteiger partial charge in [-0.2, -0.15) is 4.37 Å². The standard InChI is InChI=1S/C10H14N4OS2/c1-6(9-11-4-5-16-9)12-10-13-8(14-17-10)7(2)15-3/h4-7H,1-3H3,(H,12,13,14). The van der Waals surface area contributed by atoms with Crippen LogP contribution in [0, 0.1) is 0 Å². The fraction of sp³-hybridized carbons (Fsp3) is 0.500. The van der Waals surface area contributed by atoms with Crippen LogP contribution in [0.25, 0.3) is 0 Å². The van der Waals surface area contributed by atoms with Gasteiger partial charge in [-0.1, -0.05) is 0 Å². The van der Waals surface area contributed by atoms with E-state index in [0.29, 0.717) is 5.82 Å². The van der Waals surface area contributed by atoms with Crippen LogP contribution in [0.15, 0.2) is 11.6 Å². The Bertz CT molecular complexity index is 457. The first-order valence-corrected chi connectivity index (χ1v) is 6.88. The van der Waals surface area contributed by atoms with Crippen molar-refractivity contribution in [2.24, 2.45) is 0 Å². The number of thiazole rings is 1. The second kappa shape index (κ2) is 5.52. The molecule has 5 nitrogen and oxygen atoms in total. The second-order valence-electron chi connectivity index (χ2n) is 3.57. The maximum absolute atomic E-state index is 5.17. The molecule has 2 atom stereocenters. The van der Waals surface area contributed by atoms with Crippen LogP contribution in [0.2, 0.25) is 0 Å². The summed E-state index contributed by atoms with van der Waals surface area (Å²) in [5.41, 5.74) is 0. The Balaban J connectivity index is 2.02. The number of hydrogen-bond donors (Lipinski definition) is 1. The zero-order chi connectivity index (χ0) is 12.3. The maximum atomic E-state index is 5.17. The van der Waals surface area contributed by atoms with E-state index >= 15 is 0 Å². The smallest absolute Gasteiger partial charge is 0.203 e. The number of nitrogens with one attached hydrogen (secondary N) is 1. The molecular weight excluding hydrogens is 256 g/mol. The molecule has 2 aromatic heterocycles. The minimum absolute atomic E-state index is 0.0723. The third kappa shape index (κ3) is 2.99. The van der Waals surface area contributed by atoms with Crippen molar-refractivity contribution < 1.29 is 4.74 Å². The molecule has 0 saturated heterocycles. The number of ether oxygens (including phenoxy) is 1. The molecule has 17 heavy (non-hydrogen) atoms. The number of methoxy groups -OCH3 is 1. The molecule has 0 saturated carbocycles. The van der Waals surface area contributed by atoms with Gasteiger partial charge in [0.1, 0.15) is 11.1 Å². The summed E-state index contributed by atoms with van der Waals surface area (Å²) in [7, 11) is 1.65. The number of anilines is 1. The molecule has 0 bridgehead atoms. The molecule has 0 amide bonds. The first-order chi connectivity index (χ1) is 8.20. The molecule has 2 rings (SSSR count). The van der Waals surface area contributed by atoms with Gasteiger partial charge in [0.15, 0.2) is 5.82 Å². The van der Waals surface area contributed by atoms with E-state index in [1.807, 2.05) is 12.3 Å². The SMILES string of the molecule is COC(C)c1nsc(NC(C)c2nccs2)n1. The highest BCUT2D eigenvalue weighted by atomic mass is 32.1. The van der Waals surface area contributed by atoms with Crippen LogP contribution in [-0.2, 0) is 4.74 Å². The second-order valence-corrected chi connectivity index (χ2v) is 5.25. The topological polar surface area (TPSA) is 59.9 Å². The largest absolute Gasteiger partial charge is 0.374 e. The Morgan fingerprint density at radius 1 is 1.41 bits per heavy atom. The first-order valence-electron chi connectivity index (χ1n) is 5.23. The Labute approximate surface area is 108 Å². The summed E-state index contributed by atoms with van der Waals surface area (Å²) in [5.74, 6) is 0.714. The van der Waals surface area contributed by atoms with Crippen molar-refractivity contribution >= 4 is 28.0 Å². The van der Waals surface area contributed by atoms with Crippen molar-refractivity contribution in [3.8, 4) is 0 Å². The lowest BCUT2D eigenvalue weighted by atomic mass is 10.4. The predicted octanol–water partition coefficient (Wildman–Crippen LogP) is 2.88. The lowest BCUT2D eigenvalue weighted by Gasteiger charge is -2.08. The maximum Gasteiger partial charge on any atom is 0.203 e. The van der Waals surface area contributed by atoms with Gasteiger partial charge in [-0.3, -0.25) is 0 Å². The molecule has 0 fully saturated rings. The average Bonchev–Trinajstić information content (AvgIpc) is 2.98. The van der Waals surface area contributed by atoms with E-state index in [0.717, 1.165) is 10.1 Å². The van der Waals surface area contributed by atoms with Crippen molar-refractivity contribution in [1.29, 1.82) is 0 Å². The number of rotatable bonds is 5. The van der Waals surface area contributed by atoms with Crippen LogP contribution < -0.4 is 5.32 Å². The van der Waals surface area contributed by atoms with Crippen molar-refractivity contribution in [1.82, 2.24) is 14.3 Å². The van der Waals surface area contributed by atoms with Crippen LogP contribution in [0.3, 0.4) is 0 Å². The lowest BCUT2D eigenvalue weighted by molar-refractivity contribution is 0.113. The van der Waals surface area contributed by atoms with Gasteiger partial charge >= 0.3 is 0 Å². The van der Waals surface area contributed by atoms with Gasteiger partial charge in [0.25, 0.3) is 0 Å². The summed E-state index contributed by atoms with van der Waals surface area (Å²) in [6, 6.07) is 0.147. The Morgan fingerprint density at radius 2 is 2.24 bits per heavy atom. The van der Waals surface area contributed by atoms with Gasteiger partial charge < -0.3 is 10.1 Å². The fourth-order valence-corrected chi connectivity index (χ4v) is 2.64. The van der Waals surface area contributed by atoms with Crippen LogP contribution >= 0.6 is 22.9 Å². The normalized spacial score (nSPS) is 14.5. The van der Waals surface area contributed by atoms with Gasteiger partial charge in [0.05, 0.1) is 6.04 Å². The van der Waals surface area contributed by atoms with E-state index in [4.69, 9.17) is 4.74 Å². The highest BCUT2D eigenvalue weighted by molar-refractivity contribution is 7.10. The van der Waals surface area contributed by atoms with Crippen molar-refractivity contribution in [2.75, 3.05) is 12.4 Å². The number of hydrogen-bond acceptors (Lipinski definition) is 7. The molecule has 2 heterocycles. The number of nitrogens with zero attached hydrogens (tertiary/aromatic N) is 3. The summed E-state index contributed by atoms with van der Waals surface area (Å²) in [4.78, 5) is 8.64. The van der Waals surface area contributed by atoms with E-state index < -0.39 is 0 Å². The Hall–Kier alpha value is -1.05. The molecule has 0 aliphatic heterocycles. The van der Waals surface area contributed by atoms with E-state index in [1.165, 1.54) is 11.5 Å². The zero-order valence-electron chi connectivity index (χ0n) is 9.88. The predicted molar refractivity (Wildman–Crippen MR) is 69.5 cm³/mol. The molecule has 92 valence electrons. The summed E-state index contributed by atoms with van der Waals surface area (Å²) in [5, 5.41) is 7.09. The molecule has 2 unspecified atom stereocenters. The van der Waals surface area contributed by atoms with Crippen molar-refractivity contribution in [2.45, 2.75) is 26.0 Å². The molecule has 0 aliphatic carbocycles. The van der Waals surface area contributed by atoms with Crippen molar-refractivity contribution in [3.63, 3.8) is 0 Å². The van der Waals surface area contributed by atoms with Gasteiger partial charge in [-0.05, 0) is 13.8 Å². The van der Waals surface area contributed by atoms with Crippen molar-refractivity contribution in [3.05, 3.63) is 22.4 Å². The summed E-state index contributed by atoms with van der Waals surface area (Å²) < 4.78 is 9.42. The molecule has 0 spiro atoms. The zero-order valence-corrected chi connectivity index (χ0v) is 11.5. The molecule has 0 aromatic carbocycles. The fourth-order valence-electron chi connectivity index (χ4n) is 1.26. The molecule has 0 radical (unpaired) electrons. The van der Waals surface area contributed by atoms with Crippen LogP contribution in [0.5, 0.6) is 0 Å². The third-order valence-corrected chi connectivity index (χ3v) is 3.94. The van der Waals surface area contributed by atoms with E-state index in [-0.39, 0.29) is 12.1 Å².